The maximum atomic E-state index is 4.80. The van der Waals surface area contributed by atoms with Crippen LogP contribution < -0.4 is 0 Å². The van der Waals surface area contributed by atoms with Crippen LogP contribution in [-0.4, -0.2) is 47.3 Å². The highest BCUT2D eigenvalue weighted by atomic mass is 15.3. The molecule has 0 spiro atoms. The van der Waals surface area contributed by atoms with Crippen LogP contribution in [0.3, 0.4) is 0 Å². The molecule has 0 bridgehead atoms. The van der Waals surface area contributed by atoms with Crippen molar-refractivity contribution in [3.8, 4) is 5.82 Å². The molecule has 124 valence electrons. The second kappa shape index (κ2) is 6.52. The summed E-state index contributed by atoms with van der Waals surface area (Å²) in [5.74, 6) is 1.25. The minimum absolute atomic E-state index is 0.419. The molecule has 0 saturated carbocycles. The number of imidazole rings is 1. The van der Waals surface area contributed by atoms with Crippen molar-refractivity contribution < 1.29 is 0 Å². The number of rotatable bonds is 4. The lowest BCUT2D eigenvalue weighted by Crippen LogP contribution is -2.34. The predicted molar refractivity (Wildman–Crippen MR) is 89.6 cm³/mol. The first-order valence-electron chi connectivity index (χ1n) is 8.29. The van der Waals surface area contributed by atoms with Crippen molar-refractivity contribution in [2.24, 2.45) is 7.05 Å². The van der Waals surface area contributed by atoms with E-state index in [-0.39, 0.29) is 0 Å². The van der Waals surface area contributed by atoms with Crippen molar-refractivity contribution in [2.45, 2.75) is 25.3 Å². The van der Waals surface area contributed by atoms with Crippen molar-refractivity contribution >= 4 is 0 Å². The van der Waals surface area contributed by atoms with Crippen LogP contribution in [0.5, 0.6) is 0 Å². The minimum Gasteiger partial charge on any atom is -0.297 e. The van der Waals surface area contributed by atoms with Gasteiger partial charge in [-0.1, -0.05) is 0 Å². The van der Waals surface area contributed by atoms with E-state index in [9.17, 15) is 0 Å². The maximum absolute atomic E-state index is 4.80. The molecule has 0 radical (unpaired) electrons. The first-order valence-corrected chi connectivity index (χ1v) is 8.29. The van der Waals surface area contributed by atoms with Gasteiger partial charge in [-0.15, -0.1) is 0 Å². The average molecular weight is 323 g/mol. The van der Waals surface area contributed by atoms with E-state index in [0.717, 1.165) is 37.6 Å². The lowest BCUT2D eigenvalue weighted by atomic mass is 9.95. The van der Waals surface area contributed by atoms with Gasteiger partial charge < -0.3 is 0 Å². The van der Waals surface area contributed by atoms with Gasteiger partial charge in [0.15, 0.2) is 5.82 Å². The molecule has 1 saturated heterocycles. The Labute approximate surface area is 141 Å². The monoisotopic (exact) mass is 323 g/mol. The second-order valence-electron chi connectivity index (χ2n) is 6.29. The predicted octanol–water partition coefficient (Wildman–Crippen LogP) is 1.78. The molecule has 0 N–H and O–H groups in total. The standard InChI is InChI=1S/C17H21N7/c1-22-15(4-5-20-22)12-23-7-2-3-14(11-23)16-9-19-10-17(21-16)24-8-6-18-13-24/h4-6,8-10,13-14H,2-3,7,11-12H2,1H3/t14-/m1/s1. The van der Waals surface area contributed by atoms with Crippen molar-refractivity contribution in [1.29, 1.82) is 0 Å². The topological polar surface area (TPSA) is 64.7 Å². The lowest BCUT2D eigenvalue weighted by molar-refractivity contribution is 0.194. The van der Waals surface area contributed by atoms with Gasteiger partial charge in [-0.05, 0) is 25.5 Å². The zero-order chi connectivity index (χ0) is 16.4. The number of piperidine rings is 1. The summed E-state index contributed by atoms with van der Waals surface area (Å²) in [5.41, 5.74) is 2.31. The van der Waals surface area contributed by atoms with Crippen LogP contribution in [0.1, 0.15) is 30.1 Å². The van der Waals surface area contributed by atoms with E-state index in [0.29, 0.717) is 5.92 Å². The summed E-state index contributed by atoms with van der Waals surface area (Å²) in [4.78, 5) is 15.8. The summed E-state index contributed by atoms with van der Waals surface area (Å²) < 4.78 is 3.84. The Bertz CT molecular complexity index is 793. The Hall–Kier alpha value is -2.54. The van der Waals surface area contributed by atoms with E-state index in [1.54, 1.807) is 18.7 Å². The maximum Gasteiger partial charge on any atom is 0.156 e. The Kier molecular flexibility index (Phi) is 4.08. The number of likely N-dealkylation sites (tertiary alicyclic amines) is 1. The SMILES string of the molecule is Cn1nccc1CN1CCC[C@@H](c2cncc(-n3ccnc3)n2)C1. The average Bonchev–Trinajstić information content (AvgIpc) is 3.28. The fourth-order valence-corrected chi connectivity index (χ4v) is 3.31. The zero-order valence-electron chi connectivity index (χ0n) is 13.8. The van der Waals surface area contributed by atoms with Crippen LogP contribution in [0, 0.1) is 0 Å². The zero-order valence-corrected chi connectivity index (χ0v) is 13.8. The van der Waals surface area contributed by atoms with Gasteiger partial charge in [0.05, 0.1) is 17.6 Å². The van der Waals surface area contributed by atoms with E-state index in [1.165, 1.54) is 12.1 Å². The van der Waals surface area contributed by atoms with E-state index >= 15 is 0 Å². The largest absolute Gasteiger partial charge is 0.297 e. The van der Waals surface area contributed by atoms with Gasteiger partial charge in [0.25, 0.3) is 0 Å². The molecule has 7 heteroatoms. The smallest absolute Gasteiger partial charge is 0.156 e. The molecule has 4 rings (SSSR count). The molecule has 24 heavy (non-hydrogen) atoms. The molecule has 1 atom stereocenters. The number of nitrogens with zero attached hydrogens (tertiary/aromatic N) is 7. The third-order valence-electron chi connectivity index (χ3n) is 4.64. The number of aromatic nitrogens is 6. The molecule has 0 unspecified atom stereocenters. The summed E-state index contributed by atoms with van der Waals surface area (Å²) in [6.45, 7) is 3.06. The number of aryl methyl sites for hydroxylation is 1. The Morgan fingerprint density at radius 3 is 2.96 bits per heavy atom. The van der Waals surface area contributed by atoms with E-state index in [2.05, 4.69) is 26.0 Å². The van der Waals surface area contributed by atoms with Crippen molar-refractivity contribution in [3.05, 3.63) is 54.8 Å². The normalized spacial score (nSPS) is 18.8. The van der Waals surface area contributed by atoms with Crippen LogP contribution in [0.25, 0.3) is 5.82 Å². The summed E-state index contributed by atoms with van der Waals surface area (Å²) in [7, 11) is 2.00. The Morgan fingerprint density at radius 2 is 2.17 bits per heavy atom. The quantitative estimate of drug-likeness (QED) is 0.732. The summed E-state index contributed by atoms with van der Waals surface area (Å²) >= 11 is 0. The Balaban J connectivity index is 1.50. The fraction of sp³-hybridized carbons (Fsp3) is 0.412. The highest BCUT2D eigenvalue weighted by molar-refractivity contribution is 5.21. The first-order chi connectivity index (χ1) is 11.8. The van der Waals surface area contributed by atoms with Gasteiger partial charge in [-0.25, -0.2) is 9.97 Å². The van der Waals surface area contributed by atoms with Crippen molar-refractivity contribution in [3.63, 3.8) is 0 Å². The number of hydrogen-bond acceptors (Lipinski definition) is 5. The molecule has 7 nitrogen and oxygen atoms in total. The molecule has 1 aliphatic heterocycles. The highest BCUT2D eigenvalue weighted by Gasteiger charge is 2.23. The third-order valence-corrected chi connectivity index (χ3v) is 4.64. The number of hydrogen-bond donors (Lipinski definition) is 0. The lowest BCUT2D eigenvalue weighted by Gasteiger charge is -2.32. The fourth-order valence-electron chi connectivity index (χ4n) is 3.31. The van der Waals surface area contributed by atoms with Crippen LogP contribution in [0.2, 0.25) is 0 Å². The molecule has 0 amide bonds. The summed E-state index contributed by atoms with van der Waals surface area (Å²) in [5, 5.41) is 4.26. The summed E-state index contributed by atoms with van der Waals surface area (Å²) in [6.07, 6.45) is 13.3. The molecule has 0 aliphatic carbocycles. The first kappa shape index (κ1) is 15.0. The molecule has 4 heterocycles. The highest BCUT2D eigenvalue weighted by Crippen LogP contribution is 2.26. The van der Waals surface area contributed by atoms with Gasteiger partial charge in [-0.3, -0.25) is 19.1 Å². The molecule has 1 aliphatic rings. The minimum atomic E-state index is 0.419. The van der Waals surface area contributed by atoms with E-state index < -0.39 is 0 Å². The van der Waals surface area contributed by atoms with Crippen LogP contribution in [0.15, 0.2) is 43.4 Å². The van der Waals surface area contributed by atoms with Gasteiger partial charge >= 0.3 is 0 Å². The van der Waals surface area contributed by atoms with Crippen molar-refractivity contribution in [2.75, 3.05) is 13.1 Å². The van der Waals surface area contributed by atoms with Gasteiger partial charge in [0.1, 0.15) is 6.33 Å². The third kappa shape index (κ3) is 3.07. The molecule has 0 aromatic carbocycles. The molecule has 1 fully saturated rings. The van der Waals surface area contributed by atoms with E-state index in [4.69, 9.17) is 4.98 Å². The molecule has 3 aromatic rings. The molecular weight excluding hydrogens is 302 g/mol. The Morgan fingerprint density at radius 1 is 1.21 bits per heavy atom. The van der Waals surface area contributed by atoms with Crippen molar-refractivity contribution in [1.82, 2.24) is 34.2 Å². The van der Waals surface area contributed by atoms with Crippen LogP contribution >= 0.6 is 0 Å². The van der Waals surface area contributed by atoms with E-state index in [1.807, 2.05) is 34.9 Å². The van der Waals surface area contributed by atoms with Gasteiger partial charge in [0.2, 0.25) is 0 Å². The van der Waals surface area contributed by atoms with Crippen LogP contribution in [0.4, 0.5) is 0 Å². The molecule has 3 aromatic heterocycles. The van der Waals surface area contributed by atoms with Crippen LogP contribution in [-0.2, 0) is 13.6 Å². The molecular formula is C17H21N7. The second-order valence-corrected chi connectivity index (χ2v) is 6.29. The summed E-state index contributed by atoms with van der Waals surface area (Å²) in [6, 6.07) is 2.09. The van der Waals surface area contributed by atoms with Gasteiger partial charge in [0, 0.05) is 50.8 Å². The van der Waals surface area contributed by atoms with Gasteiger partial charge in [-0.2, -0.15) is 5.10 Å².